The second-order valence-corrected chi connectivity index (χ2v) is 6.13. The second-order valence-electron chi connectivity index (χ2n) is 5.19. The van der Waals surface area contributed by atoms with Gasteiger partial charge in [0.1, 0.15) is 5.76 Å². The highest BCUT2D eigenvalue weighted by molar-refractivity contribution is 7.13. The van der Waals surface area contributed by atoms with Gasteiger partial charge in [0.15, 0.2) is 0 Å². The Morgan fingerprint density at radius 2 is 2.26 bits per heavy atom. The quantitative estimate of drug-likeness (QED) is 0.691. The van der Waals surface area contributed by atoms with Gasteiger partial charge in [-0.3, -0.25) is 4.79 Å². The molecule has 0 radical (unpaired) electrons. The molecule has 7 heteroatoms. The van der Waals surface area contributed by atoms with Gasteiger partial charge in [0, 0.05) is 19.9 Å². The number of carbonyl (C=O) groups excluding carboxylic acids is 1. The zero-order valence-corrected chi connectivity index (χ0v) is 13.7. The smallest absolute Gasteiger partial charge is 0.227 e. The van der Waals surface area contributed by atoms with E-state index in [2.05, 4.69) is 10.1 Å². The van der Waals surface area contributed by atoms with Crippen LogP contribution in [0.2, 0.25) is 0 Å². The molecule has 1 amide bonds. The van der Waals surface area contributed by atoms with Crippen LogP contribution in [0.3, 0.4) is 0 Å². The third-order valence-electron chi connectivity index (χ3n) is 3.69. The van der Waals surface area contributed by atoms with Crippen LogP contribution in [0, 0.1) is 0 Å². The van der Waals surface area contributed by atoms with E-state index < -0.39 is 0 Å². The van der Waals surface area contributed by atoms with Crippen molar-refractivity contribution in [3.8, 4) is 10.7 Å². The lowest BCUT2D eigenvalue weighted by atomic mass is 10.2. The molecule has 0 aromatic carbocycles. The summed E-state index contributed by atoms with van der Waals surface area (Å²) >= 11 is 1.55. The maximum atomic E-state index is 12.3. The van der Waals surface area contributed by atoms with Gasteiger partial charge >= 0.3 is 0 Å². The first kappa shape index (κ1) is 15.5. The lowest BCUT2D eigenvalue weighted by Gasteiger charge is -2.23. The molecule has 0 spiro atoms. The zero-order chi connectivity index (χ0) is 16.2. The molecule has 6 nitrogen and oxygen atoms in total. The van der Waals surface area contributed by atoms with E-state index in [1.54, 1.807) is 29.5 Å². The lowest BCUT2D eigenvalue weighted by molar-refractivity contribution is -0.132. The number of aryl methyl sites for hydroxylation is 1. The summed E-state index contributed by atoms with van der Waals surface area (Å²) in [5.41, 5.74) is 0. The highest BCUT2D eigenvalue weighted by Crippen LogP contribution is 2.22. The fraction of sp³-hybridized carbons (Fsp3) is 0.312. The molecular weight excluding hydrogens is 314 g/mol. The lowest BCUT2D eigenvalue weighted by Crippen LogP contribution is -2.29. The highest BCUT2D eigenvalue weighted by atomic mass is 32.1. The van der Waals surface area contributed by atoms with Crippen molar-refractivity contribution in [3.63, 3.8) is 0 Å². The van der Waals surface area contributed by atoms with Gasteiger partial charge in [-0.25, -0.2) is 0 Å². The molecule has 0 aliphatic rings. The minimum Gasteiger partial charge on any atom is -0.467 e. The summed E-state index contributed by atoms with van der Waals surface area (Å²) < 4.78 is 10.5. The summed E-state index contributed by atoms with van der Waals surface area (Å²) in [6, 6.07) is 7.43. The van der Waals surface area contributed by atoms with Crippen LogP contribution >= 0.6 is 11.3 Å². The predicted octanol–water partition coefficient (Wildman–Crippen LogP) is 3.54. The molecular formula is C16H17N3O3S. The zero-order valence-electron chi connectivity index (χ0n) is 12.9. The minimum absolute atomic E-state index is 0.00442. The van der Waals surface area contributed by atoms with Crippen molar-refractivity contribution in [1.29, 1.82) is 0 Å². The van der Waals surface area contributed by atoms with Crippen LogP contribution < -0.4 is 0 Å². The number of hydrogen-bond donors (Lipinski definition) is 0. The van der Waals surface area contributed by atoms with Crippen molar-refractivity contribution in [3.05, 3.63) is 47.6 Å². The summed E-state index contributed by atoms with van der Waals surface area (Å²) in [4.78, 5) is 19.2. The summed E-state index contributed by atoms with van der Waals surface area (Å²) in [6.45, 7) is 1.93. The van der Waals surface area contributed by atoms with Crippen LogP contribution in [0.15, 0.2) is 44.8 Å². The maximum Gasteiger partial charge on any atom is 0.227 e. The Morgan fingerprint density at radius 3 is 2.96 bits per heavy atom. The van der Waals surface area contributed by atoms with Crippen molar-refractivity contribution in [2.75, 3.05) is 7.05 Å². The van der Waals surface area contributed by atoms with E-state index >= 15 is 0 Å². The molecule has 0 aliphatic heterocycles. The third-order valence-corrected chi connectivity index (χ3v) is 4.56. The molecule has 1 unspecified atom stereocenters. The molecule has 3 rings (SSSR count). The molecule has 3 aromatic heterocycles. The Hall–Kier alpha value is -2.41. The first-order valence-corrected chi connectivity index (χ1v) is 8.18. The van der Waals surface area contributed by atoms with Crippen LogP contribution in [-0.4, -0.2) is 28.0 Å². The number of aromatic nitrogens is 2. The number of rotatable bonds is 6. The predicted molar refractivity (Wildman–Crippen MR) is 85.8 cm³/mol. The van der Waals surface area contributed by atoms with Gasteiger partial charge in [-0.15, -0.1) is 11.3 Å². The first-order valence-electron chi connectivity index (χ1n) is 7.30. The van der Waals surface area contributed by atoms with Gasteiger partial charge in [0.2, 0.25) is 17.6 Å². The molecule has 0 fully saturated rings. The van der Waals surface area contributed by atoms with Crippen LogP contribution in [-0.2, 0) is 11.2 Å². The molecule has 0 N–H and O–H groups in total. The van der Waals surface area contributed by atoms with E-state index in [1.807, 2.05) is 36.6 Å². The minimum atomic E-state index is -0.109. The van der Waals surface area contributed by atoms with Crippen molar-refractivity contribution in [2.24, 2.45) is 0 Å². The normalized spacial score (nSPS) is 12.3. The van der Waals surface area contributed by atoms with E-state index in [1.165, 1.54) is 0 Å². The standard InChI is InChI=1S/C16H17N3O3S/c1-11(12-5-3-9-21-12)19(2)15(20)8-7-14-17-16(18-22-14)13-6-4-10-23-13/h3-6,9-11H,7-8H2,1-2H3. The summed E-state index contributed by atoms with van der Waals surface area (Å²) in [5.74, 6) is 1.81. The van der Waals surface area contributed by atoms with E-state index in [0.717, 1.165) is 10.6 Å². The Labute approximate surface area is 137 Å². The molecule has 0 bridgehead atoms. The first-order chi connectivity index (χ1) is 11.1. The molecule has 0 saturated heterocycles. The fourth-order valence-electron chi connectivity index (χ4n) is 2.19. The van der Waals surface area contributed by atoms with Crippen LogP contribution in [0.1, 0.15) is 31.0 Å². The number of thiophene rings is 1. The van der Waals surface area contributed by atoms with Crippen molar-refractivity contribution in [2.45, 2.75) is 25.8 Å². The van der Waals surface area contributed by atoms with Gasteiger partial charge in [-0.05, 0) is 30.5 Å². The number of nitrogens with zero attached hydrogens (tertiary/aromatic N) is 3. The topological polar surface area (TPSA) is 72.4 Å². The number of hydrogen-bond acceptors (Lipinski definition) is 6. The maximum absolute atomic E-state index is 12.3. The average molecular weight is 331 g/mol. The molecule has 120 valence electrons. The molecule has 1 atom stereocenters. The Morgan fingerprint density at radius 1 is 1.39 bits per heavy atom. The van der Waals surface area contributed by atoms with Crippen molar-refractivity contribution in [1.82, 2.24) is 15.0 Å². The van der Waals surface area contributed by atoms with Gasteiger partial charge in [-0.2, -0.15) is 4.98 Å². The molecule has 23 heavy (non-hydrogen) atoms. The Kier molecular flexibility index (Phi) is 4.57. The van der Waals surface area contributed by atoms with Gasteiger partial charge in [0.25, 0.3) is 0 Å². The Bertz CT molecular complexity index is 749. The highest BCUT2D eigenvalue weighted by Gasteiger charge is 2.20. The van der Waals surface area contributed by atoms with Crippen molar-refractivity contribution < 1.29 is 13.7 Å². The van der Waals surface area contributed by atoms with Gasteiger partial charge in [-0.1, -0.05) is 11.2 Å². The number of carbonyl (C=O) groups is 1. The molecule has 0 aliphatic carbocycles. The SMILES string of the molecule is CC(c1ccco1)N(C)C(=O)CCc1nc(-c2cccs2)no1. The third kappa shape index (κ3) is 3.50. The second kappa shape index (κ2) is 6.78. The van der Waals surface area contributed by atoms with Crippen LogP contribution in [0.5, 0.6) is 0 Å². The monoisotopic (exact) mass is 331 g/mol. The van der Waals surface area contributed by atoms with Crippen LogP contribution in [0.4, 0.5) is 0 Å². The van der Waals surface area contributed by atoms with E-state index in [0.29, 0.717) is 24.6 Å². The fourth-order valence-corrected chi connectivity index (χ4v) is 2.84. The molecule has 3 heterocycles. The summed E-state index contributed by atoms with van der Waals surface area (Å²) in [7, 11) is 1.76. The van der Waals surface area contributed by atoms with Gasteiger partial charge in [0.05, 0.1) is 17.2 Å². The number of amides is 1. The van der Waals surface area contributed by atoms with Crippen LogP contribution in [0.25, 0.3) is 10.7 Å². The summed E-state index contributed by atoms with van der Waals surface area (Å²) in [5, 5.41) is 5.90. The van der Waals surface area contributed by atoms with E-state index in [9.17, 15) is 4.79 Å². The van der Waals surface area contributed by atoms with Crippen molar-refractivity contribution >= 4 is 17.2 Å². The number of furan rings is 1. The van der Waals surface area contributed by atoms with E-state index in [4.69, 9.17) is 8.94 Å². The average Bonchev–Trinajstić information content (AvgIpc) is 3.32. The largest absolute Gasteiger partial charge is 0.467 e. The molecule has 0 saturated carbocycles. The van der Waals surface area contributed by atoms with Gasteiger partial charge < -0.3 is 13.8 Å². The summed E-state index contributed by atoms with van der Waals surface area (Å²) in [6.07, 6.45) is 2.34. The molecule has 3 aromatic rings. The van der Waals surface area contributed by atoms with E-state index in [-0.39, 0.29) is 11.9 Å². The Balaban J connectivity index is 1.56.